The quantitative estimate of drug-likeness (QED) is 0.266. The summed E-state index contributed by atoms with van der Waals surface area (Å²) >= 11 is 0. The van der Waals surface area contributed by atoms with Crippen LogP contribution in [0.2, 0.25) is 0 Å². The summed E-state index contributed by atoms with van der Waals surface area (Å²) in [6.07, 6.45) is 1.87. The van der Waals surface area contributed by atoms with Gasteiger partial charge in [-0.25, -0.2) is 37.8 Å². The standard InChI is InChI=1S/C40H40F3N11O3/c1-21-45-32-13-25(42)11-28-31-6-5-7-35(47-31)46-26-14-34(40(56)50(3)19-27(57-4)20-52(21)37(28)32)53(18-26)38-29-15-44-54(33-9-8-24(41)12-30(33)43)39(29)49-36(48-38)10-23-16-51(17-23)22(2)55/h5-9,11-13,15,23,26-27,34H,10,14,16-20H2,1-4H3,(H,46,47)/t26-,27-,34-/m0/s1. The monoisotopic (exact) mass is 779 g/mol. The van der Waals surface area contributed by atoms with Crippen LogP contribution in [0.25, 0.3) is 39.0 Å². The fourth-order valence-electron chi connectivity index (χ4n) is 8.40. The molecule has 0 saturated carbocycles. The summed E-state index contributed by atoms with van der Waals surface area (Å²) in [6, 6.07) is 10.6. The maximum absolute atomic E-state index is 15.3. The van der Waals surface area contributed by atoms with E-state index in [2.05, 4.69) is 15.4 Å². The van der Waals surface area contributed by atoms with E-state index < -0.39 is 29.6 Å². The second-order valence-electron chi connectivity index (χ2n) is 15.2. The number of halogens is 3. The molecule has 0 spiro atoms. The predicted molar refractivity (Wildman–Crippen MR) is 205 cm³/mol. The Hall–Kier alpha value is -6.10. The molecule has 4 aromatic heterocycles. The van der Waals surface area contributed by atoms with Crippen LogP contribution in [0.4, 0.5) is 24.8 Å². The van der Waals surface area contributed by atoms with Crippen LogP contribution in [0.3, 0.4) is 0 Å². The molecule has 9 rings (SSSR count). The number of ether oxygens (including phenoxy) is 1. The molecule has 3 aliphatic heterocycles. The zero-order chi connectivity index (χ0) is 39.7. The number of nitrogens with zero attached hydrogens (tertiary/aromatic N) is 10. The number of hydrogen-bond donors (Lipinski definition) is 1. The number of benzene rings is 2. The van der Waals surface area contributed by atoms with Gasteiger partial charge in [0.15, 0.2) is 11.5 Å². The molecule has 3 aliphatic rings. The third kappa shape index (κ3) is 6.58. The molecule has 6 aromatic rings. The lowest BCUT2D eigenvalue weighted by Crippen LogP contribution is -2.50. The lowest BCUT2D eigenvalue weighted by molar-refractivity contribution is -0.135. The molecule has 2 amide bonds. The van der Waals surface area contributed by atoms with Gasteiger partial charge in [-0.2, -0.15) is 5.10 Å². The maximum atomic E-state index is 15.3. The third-order valence-electron chi connectivity index (χ3n) is 11.3. The van der Waals surface area contributed by atoms with Crippen LogP contribution in [0, 0.1) is 30.3 Å². The number of hydrogen-bond acceptors (Lipinski definition) is 10. The Balaban J connectivity index is 1.15. The number of nitrogens with one attached hydrogen (secondary N) is 1. The van der Waals surface area contributed by atoms with Crippen molar-refractivity contribution >= 4 is 45.5 Å². The van der Waals surface area contributed by atoms with Crippen molar-refractivity contribution in [2.45, 2.75) is 51.4 Å². The highest BCUT2D eigenvalue weighted by Crippen LogP contribution is 2.36. The SMILES string of the molecule is CO[C@H]1CN(C)C(=O)[C@@H]2C[C@@H](CN2c2nc(CC3CN(C(C)=O)C3)nc3c2cnn3-c2ccc(F)cc2F)Nc2cccc(n2)-c2cc(F)cc3nc(C)n(c23)C1. The van der Waals surface area contributed by atoms with E-state index in [-0.39, 0.29) is 36.0 Å². The second-order valence-corrected chi connectivity index (χ2v) is 15.2. The second kappa shape index (κ2) is 14.1. The molecule has 1 N–H and O–H groups in total. The Labute approximate surface area is 325 Å². The van der Waals surface area contributed by atoms with Crippen LogP contribution >= 0.6 is 0 Å². The molecule has 0 unspecified atom stereocenters. The zero-order valence-corrected chi connectivity index (χ0v) is 31.8. The minimum absolute atomic E-state index is 0.00610. The van der Waals surface area contributed by atoms with E-state index in [0.717, 1.165) is 17.6 Å². The van der Waals surface area contributed by atoms with Crippen LogP contribution in [0.5, 0.6) is 0 Å². The summed E-state index contributed by atoms with van der Waals surface area (Å²) in [5, 5.41) is 8.51. The van der Waals surface area contributed by atoms with Gasteiger partial charge in [-0.3, -0.25) is 9.59 Å². The number of pyridine rings is 1. The number of anilines is 2. The van der Waals surface area contributed by atoms with Crippen LogP contribution in [0.15, 0.2) is 54.7 Å². The molecule has 4 bridgehead atoms. The maximum Gasteiger partial charge on any atom is 0.245 e. The fraction of sp³-hybridized carbons (Fsp3) is 0.375. The lowest BCUT2D eigenvalue weighted by Gasteiger charge is -2.38. The molecule has 14 nitrogen and oxygen atoms in total. The Morgan fingerprint density at radius 2 is 1.79 bits per heavy atom. The molecular weight excluding hydrogens is 740 g/mol. The Morgan fingerprint density at radius 1 is 0.965 bits per heavy atom. The fourth-order valence-corrected chi connectivity index (χ4v) is 8.40. The summed E-state index contributed by atoms with van der Waals surface area (Å²) in [4.78, 5) is 51.5. The van der Waals surface area contributed by atoms with Gasteiger partial charge in [0, 0.05) is 83.3 Å². The molecule has 7 heterocycles. The molecule has 17 heteroatoms. The number of amides is 2. The highest BCUT2D eigenvalue weighted by molar-refractivity contribution is 5.94. The average Bonchev–Trinajstić information content (AvgIpc) is 3.86. The van der Waals surface area contributed by atoms with Crippen molar-refractivity contribution in [1.82, 2.24) is 44.1 Å². The van der Waals surface area contributed by atoms with E-state index in [1.165, 1.54) is 36.0 Å². The molecule has 294 valence electrons. The Morgan fingerprint density at radius 3 is 2.56 bits per heavy atom. The van der Waals surface area contributed by atoms with E-state index in [0.29, 0.717) is 90.1 Å². The van der Waals surface area contributed by atoms with Gasteiger partial charge in [0.2, 0.25) is 11.8 Å². The minimum Gasteiger partial charge on any atom is -0.378 e. The summed E-state index contributed by atoms with van der Waals surface area (Å²) in [6.45, 7) is 5.38. The van der Waals surface area contributed by atoms with Crippen molar-refractivity contribution in [2.75, 3.05) is 50.6 Å². The zero-order valence-electron chi connectivity index (χ0n) is 31.8. The first kappa shape index (κ1) is 36.5. The highest BCUT2D eigenvalue weighted by atomic mass is 19.1. The number of fused-ring (bicyclic) bond motifs is 6. The van der Waals surface area contributed by atoms with Crippen molar-refractivity contribution in [3.63, 3.8) is 0 Å². The number of imidazole rings is 1. The number of carbonyl (C=O) groups is 2. The largest absolute Gasteiger partial charge is 0.378 e. The number of likely N-dealkylation sites (N-methyl/N-ethyl adjacent to an activating group) is 1. The Kier molecular flexibility index (Phi) is 9.06. The molecule has 2 fully saturated rings. The van der Waals surface area contributed by atoms with E-state index in [9.17, 15) is 14.0 Å². The van der Waals surface area contributed by atoms with Crippen LogP contribution in [-0.4, -0.2) is 114 Å². The van der Waals surface area contributed by atoms with Crippen molar-refractivity contribution in [3.8, 4) is 16.9 Å². The van der Waals surface area contributed by atoms with Crippen LogP contribution in [0.1, 0.15) is 25.0 Å². The first-order valence-corrected chi connectivity index (χ1v) is 18.8. The van der Waals surface area contributed by atoms with Gasteiger partial charge in [-0.15, -0.1) is 0 Å². The molecule has 2 aromatic carbocycles. The normalized spacial score (nSPS) is 20.2. The number of rotatable bonds is 5. The van der Waals surface area contributed by atoms with Crippen molar-refractivity contribution in [1.29, 1.82) is 0 Å². The van der Waals surface area contributed by atoms with Gasteiger partial charge in [0.05, 0.1) is 41.0 Å². The van der Waals surface area contributed by atoms with Crippen molar-refractivity contribution in [3.05, 3.63) is 83.8 Å². The van der Waals surface area contributed by atoms with E-state index in [1.54, 1.807) is 24.0 Å². The first-order valence-electron chi connectivity index (χ1n) is 18.8. The van der Waals surface area contributed by atoms with Gasteiger partial charge < -0.3 is 29.3 Å². The summed E-state index contributed by atoms with van der Waals surface area (Å²) < 4.78 is 53.6. The number of aryl methyl sites for hydroxylation is 1. The van der Waals surface area contributed by atoms with Crippen molar-refractivity contribution < 1.29 is 27.5 Å². The van der Waals surface area contributed by atoms with Crippen LogP contribution in [-0.2, 0) is 27.3 Å². The molecule has 2 saturated heterocycles. The van der Waals surface area contributed by atoms with Crippen LogP contribution < -0.4 is 10.2 Å². The van der Waals surface area contributed by atoms with E-state index in [1.807, 2.05) is 34.6 Å². The predicted octanol–water partition coefficient (Wildman–Crippen LogP) is 4.52. The summed E-state index contributed by atoms with van der Waals surface area (Å²) in [5.74, 6) is 0.0181. The molecule has 3 atom stereocenters. The molecular formula is C40H40F3N11O3. The van der Waals surface area contributed by atoms with E-state index in [4.69, 9.17) is 19.7 Å². The highest BCUT2D eigenvalue weighted by Gasteiger charge is 2.41. The first-order chi connectivity index (χ1) is 27.4. The number of carbonyl (C=O) groups excluding carboxylic acids is 2. The lowest BCUT2D eigenvalue weighted by atomic mass is 9.96. The smallest absolute Gasteiger partial charge is 0.245 e. The molecule has 0 aliphatic carbocycles. The average molecular weight is 780 g/mol. The number of methoxy groups -OCH3 is 1. The Bertz CT molecular complexity index is 2570. The molecule has 57 heavy (non-hydrogen) atoms. The topological polar surface area (TPSA) is 139 Å². The van der Waals surface area contributed by atoms with Crippen molar-refractivity contribution in [2.24, 2.45) is 5.92 Å². The third-order valence-corrected chi connectivity index (χ3v) is 11.3. The summed E-state index contributed by atoms with van der Waals surface area (Å²) in [5.41, 5.74) is 2.65. The summed E-state index contributed by atoms with van der Waals surface area (Å²) in [7, 11) is 3.33. The van der Waals surface area contributed by atoms with Gasteiger partial charge in [-0.1, -0.05) is 6.07 Å². The number of aromatic nitrogens is 7. The van der Waals surface area contributed by atoms with Gasteiger partial charge in [-0.05, 0) is 43.7 Å². The van der Waals surface area contributed by atoms with Gasteiger partial charge >= 0.3 is 0 Å². The minimum atomic E-state index is -0.814. The number of likely N-dealkylation sites (tertiary alicyclic amines) is 1. The van der Waals surface area contributed by atoms with Gasteiger partial charge in [0.1, 0.15) is 46.6 Å². The molecule has 0 radical (unpaired) electrons. The van der Waals surface area contributed by atoms with Gasteiger partial charge in [0.25, 0.3) is 0 Å². The van der Waals surface area contributed by atoms with E-state index >= 15 is 8.78 Å².